The van der Waals surface area contributed by atoms with E-state index in [9.17, 15) is 19.0 Å². The number of allylic oxidation sites excluding steroid dienone is 28. The molecule has 0 spiro atoms. The summed E-state index contributed by atoms with van der Waals surface area (Å²) in [4.78, 5) is 37.9. The van der Waals surface area contributed by atoms with Crippen LogP contribution >= 0.6 is 7.82 Å². The molecule has 2 atom stereocenters. The van der Waals surface area contributed by atoms with Crippen molar-refractivity contribution < 1.29 is 42.1 Å². The van der Waals surface area contributed by atoms with Gasteiger partial charge in [-0.3, -0.25) is 14.2 Å². The number of phosphoric ester groups is 1. The van der Waals surface area contributed by atoms with E-state index >= 15 is 0 Å². The van der Waals surface area contributed by atoms with Crippen LogP contribution in [0.25, 0.3) is 0 Å². The Hall–Kier alpha value is -4.63. The average Bonchev–Trinajstić information content (AvgIpc) is 3.45. The summed E-state index contributed by atoms with van der Waals surface area (Å²) in [6.07, 6.45) is 92.9. The fourth-order valence-electron chi connectivity index (χ4n) is 7.92. The Balaban J connectivity index is 4.11. The maximum Gasteiger partial charge on any atom is 0.306 e. The minimum Gasteiger partial charge on any atom is -0.756 e. The topological polar surface area (TPSA) is 111 Å². The number of rotatable bonds is 56. The molecule has 0 radical (unpaired) electrons. The summed E-state index contributed by atoms with van der Waals surface area (Å²) in [5, 5.41) is 0. The number of phosphoric acid groups is 1. The molecule has 0 amide bonds. The maximum absolute atomic E-state index is 12.8. The SMILES string of the molecule is CC/C=C\C/C=C\C/C=C\C/C=C\C/C=C\C/C=C\C/C=C\C/C=C\C/C=C\CCCCCCCCCCCCCCCC(=O)OC(COC(=O)CCC/C=C\C/C=C\C/C=C\C/C=C\C/C=C\CC)COP(=O)([O-])OCC[N+](C)(C)C. The van der Waals surface area contributed by atoms with Crippen LogP contribution in [0, 0.1) is 0 Å². The summed E-state index contributed by atoms with van der Waals surface area (Å²) in [7, 11) is 1.11. The minimum atomic E-state index is -4.66. The number of hydrogen-bond acceptors (Lipinski definition) is 8. The number of carbonyl (C=O) groups is 2. The summed E-state index contributed by atoms with van der Waals surface area (Å²) in [5.41, 5.74) is 0. The molecule has 0 heterocycles. The first-order valence-electron chi connectivity index (χ1n) is 31.8. The molecular weight excluding hydrogens is 1040 g/mol. The van der Waals surface area contributed by atoms with Crippen LogP contribution in [-0.4, -0.2) is 70.0 Å². The second-order valence-electron chi connectivity index (χ2n) is 21.7. The summed E-state index contributed by atoms with van der Waals surface area (Å²) in [6.45, 7) is 3.92. The van der Waals surface area contributed by atoms with Gasteiger partial charge in [0.05, 0.1) is 27.7 Å². The van der Waals surface area contributed by atoms with Crippen LogP contribution in [0.4, 0.5) is 0 Å². The van der Waals surface area contributed by atoms with Crippen molar-refractivity contribution in [2.75, 3.05) is 47.5 Å². The molecule has 0 fully saturated rings. The van der Waals surface area contributed by atoms with E-state index < -0.39 is 32.5 Å². The normalized spacial score (nSPS) is 14.4. The zero-order valence-corrected chi connectivity index (χ0v) is 53.3. The summed E-state index contributed by atoms with van der Waals surface area (Å²) < 4.78 is 34.1. The van der Waals surface area contributed by atoms with E-state index in [1.54, 1.807) is 0 Å². The van der Waals surface area contributed by atoms with E-state index in [2.05, 4.69) is 184 Å². The largest absolute Gasteiger partial charge is 0.756 e. The monoisotopic (exact) mass is 1150 g/mol. The van der Waals surface area contributed by atoms with Crippen molar-refractivity contribution >= 4 is 19.8 Å². The lowest BCUT2D eigenvalue weighted by Crippen LogP contribution is -2.37. The van der Waals surface area contributed by atoms with Crippen molar-refractivity contribution in [2.24, 2.45) is 0 Å². The zero-order valence-electron chi connectivity index (χ0n) is 52.4. The number of likely N-dealkylation sites (N-methyl/N-ethyl adjacent to an activating group) is 1. The maximum atomic E-state index is 12.8. The standard InChI is InChI=1S/C72H116NO8P/c1-6-8-10-12-14-16-18-20-22-24-25-26-27-28-29-30-31-32-33-34-35-36-37-38-39-40-41-42-43-44-45-46-47-49-51-53-55-57-59-61-63-65-72(75)81-70(69-80-82(76,77)79-67-66-73(3,4)5)68-78-71(74)64-62-60-58-56-54-52-50-48-23-21-19-17-15-13-11-9-7-2/h8-11,14-17,20-23,25-26,28-29,31-32,34-35,37-38,40-41,50,52,56,58,70H,6-7,12-13,18-19,24,27,30,33,36,39,42-49,51,53-55,57,59-69H2,1-5H3/b10-8-,11-9-,16-14-,17-15-,22-20-,23-21-,26-25-,29-28-,32-31-,35-34-,38-37-,41-40-,52-50-,58-56-. The van der Waals surface area contributed by atoms with Crippen LogP contribution in [0.15, 0.2) is 170 Å². The highest BCUT2D eigenvalue weighted by Crippen LogP contribution is 2.38. The lowest BCUT2D eigenvalue weighted by molar-refractivity contribution is -0.870. The van der Waals surface area contributed by atoms with Gasteiger partial charge in [-0.25, -0.2) is 0 Å². The third-order valence-corrected chi connectivity index (χ3v) is 13.7. The van der Waals surface area contributed by atoms with Crippen molar-refractivity contribution in [3.63, 3.8) is 0 Å². The molecule has 10 heteroatoms. The van der Waals surface area contributed by atoms with Gasteiger partial charge in [0.2, 0.25) is 0 Å². The van der Waals surface area contributed by atoms with Gasteiger partial charge >= 0.3 is 11.9 Å². The predicted octanol–water partition coefficient (Wildman–Crippen LogP) is 20.0. The molecule has 0 N–H and O–H groups in total. The van der Waals surface area contributed by atoms with E-state index in [-0.39, 0.29) is 26.1 Å². The van der Waals surface area contributed by atoms with E-state index in [1.165, 1.54) is 64.2 Å². The van der Waals surface area contributed by atoms with Crippen LogP contribution in [-0.2, 0) is 32.7 Å². The Morgan fingerprint density at radius 1 is 0.378 bits per heavy atom. The highest BCUT2D eigenvalue weighted by molar-refractivity contribution is 7.45. The number of quaternary nitrogens is 1. The molecule has 0 bridgehead atoms. The Morgan fingerprint density at radius 3 is 1.01 bits per heavy atom. The number of carbonyl (C=O) groups excluding carboxylic acids is 2. The van der Waals surface area contributed by atoms with Gasteiger partial charge in [-0.15, -0.1) is 0 Å². The van der Waals surface area contributed by atoms with Gasteiger partial charge in [-0.2, -0.15) is 0 Å². The summed E-state index contributed by atoms with van der Waals surface area (Å²) >= 11 is 0. The van der Waals surface area contributed by atoms with Gasteiger partial charge in [0.1, 0.15) is 19.8 Å². The van der Waals surface area contributed by atoms with Gasteiger partial charge in [0.15, 0.2) is 6.10 Å². The first kappa shape index (κ1) is 77.4. The molecule has 0 aliphatic heterocycles. The van der Waals surface area contributed by atoms with Gasteiger partial charge in [-0.05, 0) is 122 Å². The molecule has 0 aromatic heterocycles. The van der Waals surface area contributed by atoms with E-state index in [4.69, 9.17) is 18.5 Å². The lowest BCUT2D eigenvalue weighted by Gasteiger charge is -2.28. The second-order valence-corrected chi connectivity index (χ2v) is 23.1. The minimum absolute atomic E-state index is 0.0481. The first-order valence-corrected chi connectivity index (χ1v) is 33.3. The molecule has 0 aromatic carbocycles. The van der Waals surface area contributed by atoms with Gasteiger partial charge in [-0.1, -0.05) is 255 Å². The van der Waals surface area contributed by atoms with Crippen LogP contribution in [0.1, 0.15) is 219 Å². The Morgan fingerprint density at radius 2 is 0.671 bits per heavy atom. The number of ether oxygens (including phenoxy) is 2. The van der Waals surface area contributed by atoms with Crippen molar-refractivity contribution in [1.29, 1.82) is 0 Å². The van der Waals surface area contributed by atoms with E-state index in [1.807, 2.05) is 21.1 Å². The molecule has 462 valence electrons. The first-order chi connectivity index (χ1) is 40.0. The smallest absolute Gasteiger partial charge is 0.306 e. The highest BCUT2D eigenvalue weighted by atomic mass is 31.2. The summed E-state index contributed by atoms with van der Waals surface area (Å²) in [5.74, 6) is -0.914. The molecule has 0 aliphatic carbocycles. The number of hydrogen-bond donors (Lipinski definition) is 0. The van der Waals surface area contributed by atoms with Crippen LogP contribution in [0.5, 0.6) is 0 Å². The molecule has 0 rings (SSSR count). The number of nitrogens with zero attached hydrogens (tertiary/aromatic N) is 1. The number of esters is 2. The molecular formula is C72H116NO8P. The zero-order chi connectivity index (χ0) is 59.8. The van der Waals surface area contributed by atoms with Crippen LogP contribution < -0.4 is 4.89 Å². The fraction of sp³-hybridized carbons (Fsp3) is 0.583. The fourth-order valence-corrected chi connectivity index (χ4v) is 8.65. The Kier molecular flexibility index (Phi) is 57.5. The second kappa shape index (κ2) is 60.9. The Labute approximate surface area is 502 Å². The summed E-state index contributed by atoms with van der Waals surface area (Å²) in [6, 6.07) is 0. The van der Waals surface area contributed by atoms with Gasteiger partial charge in [0, 0.05) is 12.8 Å². The molecule has 2 unspecified atom stereocenters. The van der Waals surface area contributed by atoms with Crippen molar-refractivity contribution in [3.05, 3.63) is 170 Å². The lowest BCUT2D eigenvalue weighted by atomic mass is 10.0. The molecule has 0 aromatic rings. The van der Waals surface area contributed by atoms with Crippen LogP contribution in [0.2, 0.25) is 0 Å². The quantitative estimate of drug-likeness (QED) is 0.0195. The third-order valence-electron chi connectivity index (χ3n) is 12.7. The van der Waals surface area contributed by atoms with E-state index in [0.29, 0.717) is 23.9 Å². The average molecular weight is 1150 g/mol. The third kappa shape index (κ3) is 64.5. The van der Waals surface area contributed by atoms with Crippen molar-refractivity contribution in [2.45, 2.75) is 225 Å². The van der Waals surface area contributed by atoms with Crippen molar-refractivity contribution in [3.8, 4) is 0 Å². The molecule has 9 nitrogen and oxygen atoms in total. The van der Waals surface area contributed by atoms with Crippen molar-refractivity contribution in [1.82, 2.24) is 0 Å². The predicted molar refractivity (Wildman–Crippen MR) is 350 cm³/mol. The Bertz CT molecular complexity index is 1990. The molecule has 0 saturated carbocycles. The van der Waals surface area contributed by atoms with E-state index in [0.717, 1.165) is 116 Å². The molecule has 82 heavy (non-hydrogen) atoms. The molecule has 0 saturated heterocycles. The highest BCUT2D eigenvalue weighted by Gasteiger charge is 2.21. The van der Waals surface area contributed by atoms with Gasteiger partial charge in [0.25, 0.3) is 7.82 Å². The van der Waals surface area contributed by atoms with Gasteiger partial charge < -0.3 is 27.9 Å². The molecule has 0 aliphatic rings. The number of unbranched alkanes of at least 4 members (excludes halogenated alkanes) is 14. The van der Waals surface area contributed by atoms with Crippen LogP contribution in [0.3, 0.4) is 0 Å².